The quantitative estimate of drug-likeness (QED) is 0.854. The summed E-state index contributed by atoms with van der Waals surface area (Å²) in [6, 6.07) is 15.2. The number of benzene rings is 2. The highest BCUT2D eigenvalue weighted by molar-refractivity contribution is 5.45. The first-order chi connectivity index (χ1) is 11.6. The Kier molecular flexibility index (Phi) is 5.25. The molecule has 2 heteroatoms. The lowest BCUT2D eigenvalue weighted by molar-refractivity contribution is 0.171. The summed E-state index contributed by atoms with van der Waals surface area (Å²) in [7, 11) is 2.24. The molecule has 0 aliphatic carbocycles. The van der Waals surface area contributed by atoms with Crippen LogP contribution in [0.3, 0.4) is 0 Å². The molecule has 128 valence electrons. The Balaban J connectivity index is 2.00. The number of aryl methyl sites for hydroxylation is 2. The smallest absolute Gasteiger partial charge is 0.119 e. The van der Waals surface area contributed by atoms with E-state index in [0.717, 1.165) is 12.0 Å². The standard InChI is InChI=1S/C22H29NO/c1-16-11-12-22(24)21(14-16)20(19-10-5-4-8-17(19)2)15-18-9-6-7-13-23(18)3/h4-5,8,10-12,14,18,20,24H,6-7,9,13,15H2,1-3H3. The molecule has 1 fully saturated rings. The van der Waals surface area contributed by atoms with Gasteiger partial charge in [-0.2, -0.15) is 0 Å². The molecule has 0 spiro atoms. The molecule has 1 N–H and O–H groups in total. The number of hydrogen-bond acceptors (Lipinski definition) is 2. The fourth-order valence-electron chi connectivity index (χ4n) is 4.07. The fraction of sp³-hybridized carbons (Fsp3) is 0.455. The van der Waals surface area contributed by atoms with Crippen LogP contribution in [0, 0.1) is 13.8 Å². The van der Waals surface area contributed by atoms with E-state index in [0.29, 0.717) is 11.8 Å². The summed E-state index contributed by atoms with van der Waals surface area (Å²) >= 11 is 0. The van der Waals surface area contributed by atoms with Gasteiger partial charge in [0.25, 0.3) is 0 Å². The topological polar surface area (TPSA) is 23.5 Å². The lowest BCUT2D eigenvalue weighted by Crippen LogP contribution is -2.37. The highest BCUT2D eigenvalue weighted by Crippen LogP contribution is 2.38. The molecule has 2 atom stereocenters. The Bertz CT molecular complexity index is 694. The number of rotatable bonds is 4. The van der Waals surface area contributed by atoms with Crippen molar-refractivity contribution in [1.29, 1.82) is 0 Å². The lowest BCUT2D eigenvalue weighted by atomic mass is 9.81. The zero-order chi connectivity index (χ0) is 17.1. The first-order valence-electron chi connectivity index (χ1n) is 9.11. The number of phenolic OH excluding ortho intramolecular Hbond substituents is 1. The molecule has 2 aromatic carbocycles. The van der Waals surface area contributed by atoms with Crippen LogP contribution in [0.1, 0.15) is 53.9 Å². The summed E-state index contributed by atoms with van der Waals surface area (Å²) in [5.41, 5.74) is 4.93. The van der Waals surface area contributed by atoms with Crippen molar-refractivity contribution >= 4 is 0 Å². The van der Waals surface area contributed by atoms with Crippen molar-refractivity contribution in [2.45, 2.75) is 51.5 Å². The van der Waals surface area contributed by atoms with Crippen LogP contribution in [-0.2, 0) is 0 Å². The molecule has 0 amide bonds. The summed E-state index contributed by atoms with van der Waals surface area (Å²) in [5.74, 6) is 0.670. The monoisotopic (exact) mass is 323 g/mol. The van der Waals surface area contributed by atoms with E-state index >= 15 is 0 Å². The maximum Gasteiger partial charge on any atom is 0.119 e. The molecule has 3 rings (SSSR count). The van der Waals surface area contributed by atoms with Crippen LogP contribution < -0.4 is 0 Å². The Labute approximate surface area is 146 Å². The predicted molar refractivity (Wildman–Crippen MR) is 101 cm³/mol. The first-order valence-corrected chi connectivity index (χ1v) is 9.11. The van der Waals surface area contributed by atoms with E-state index in [2.05, 4.69) is 56.1 Å². The highest BCUT2D eigenvalue weighted by Gasteiger charge is 2.27. The number of piperidine rings is 1. The van der Waals surface area contributed by atoms with Gasteiger partial charge in [-0.25, -0.2) is 0 Å². The summed E-state index contributed by atoms with van der Waals surface area (Å²) < 4.78 is 0. The zero-order valence-electron chi connectivity index (χ0n) is 15.1. The van der Waals surface area contributed by atoms with Crippen molar-refractivity contribution < 1.29 is 5.11 Å². The SMILES string of the molecule is Cc1ccc(O)c(C(CC2CCCCN2C)c2ccccc2C)c1. The molecule has 1 heterocycles. The normalized spacial score (nSPS) is 20.0. The minimum Gasteiger partial charge on any atom is -0.508 e. The van der Waals surface area contributed by atoms with E-state index in [-0.39, 0.29) is 5.92 Å². The second-order valence-corrected chi connectivity index (χ2v) is 7.34. The molecule has 2 nitrogen and oxygen atoms in total. The van der Waals surface area contributed by atoms with Crippen LogP contribution in [-0.4, -0.2) is 29.6 Å². The van der Waals surface area contributed by atoms with Crippen LogP contribution in [0.2, 0.25) is 0 Å². The maximum atomic E-state index is 10.5. The third-order valence-electron chi connectivity index (χ3n) is 5.55. The van der Waals surface area contributed by atoms with Gasteiger partial charge in [0.15, 0.2) is 0 Å². The summed E-state index contributed by atoms with van der Waals surface area (Å²) in [4.78, 5) is 2.50. The molecule has 0 saturated carbocycles. The number of aromatic hydroxyl groups is 1. The second kappa shape index (κ2) is 7.40. The molecule has 2 unspecified atom stereocenters. The van der Waals surface area contributed by atoms with Crippen LogP contribution in [0.15, 0.2) is 42.5 Å². The molecule has 0 radical (unpaired) electrons. The van der Waals surface area contributed by atoms with E-state index in [9.17, 15) is 5.11 Å². The predicted octanol–water partition coefficient (Wildman–Crippen LogP) is 5.02. The second-order valence-electron chi connectivity index (χ2n) is 7.34. The van der Waals surface area contributed by atoms with Crippen LogP contribution in [0.5, 0.6) is 5.75 Å². The molecule has 1 aliphatic heterocycles. The van der Waals surface area contributed by atoms with Gasteiger partial charge in [-0.3, -0.25) is 0 Å². The summed E-state index contributed by atoms with van der Waals surface area (Å²) in [6.07, 6.45) is 4.94. The van der Waals surface area contributed by atoms with E-state index in [1.807, 2.05) is 12.1 Å². The third-order valence-corrected chi connectivity index (χ3v) is 5.55. The van der Waals surface area contributed by atoms with E-state index in [1.165, 1.54) is 42.5 Å². The van der Waals surface area contributed by atoms with Crippen molar-refractivity contribution in [3.63, 3.8) is 0 Å². The third kappa shape index (κ3) is 3.64. The average molecular weight is 323 g/mol. The van der Waals surface area contributed by atoms with Gasteiger partial charge in [0, 0.05) is 17.5 Å². The van der Waals surface area contributed by atoms with Crippen LogP contribution >= 0.6 is 0 Å². The summed E-state index contributed by atoms with van der Waals surface area (Å²) in [5, 5.41) is 10.5. The number of likely N-dealkylation sites (tertiary alicyclic amines) is 1. The Morgan fingerprint density at radius 2 is 1.88 bits per heavy atom. The molecule has 2 aromatic rings. The van der Waals surface area contributed by atoms with Gasteiger partial charge >= 0.3 is 0 Å². The van der Waals surface area contributed by atoms with Gasteiger partial charge in [0.1, 0.15) is 5.75 Å². The van der Waals surface area contributed by atoms with Crippen molar-refractivity contribution in [2.75, 3.05) is 13.6 Å². The van der Waals surface area contributed by atoms with Crippen LogP contribution in [0.4, 0.5) is 0 Å². The number of phenols is 1. The first kappa shape index (κ1) is 17.0. The van der Waals surface area contributed by atoms with Crippen molar-refractivity contribution in [2.24, 2.45) is 0 Å². The van der Waals surface area contributed by atoms with Gasteiger partial charge < -0.3 is 10.0 Å². The Morgan fingerprint density at radius 1 is 1.08 bits per heavy atom. The Hall–Kier alpha value is -1.80. The van der Waals surface area contributed by atoms with Gasteiger partial charge in [-0.15, -0.1) is 0 Å². The van der Waals surface area contributed by atoms with Gasteiger partial charge in [-0.05, 0) is 63.9 Å². The fourth-order valence-corrected chi connectivity index (χ4v) is 4.07. The molecule has 0 bridgehead atoms. The molecule has 1 saturated heterocycles. The minimum atomic E-state index is 0.247. The highest BCUT2D eigenvalue weighted by atomic mass is 16.3. The Morgan fingerprint density at radius 3 is 2.62 bits per heavy atom. The van der Waals surface area contributed by atoms with Crippen molar-refractivity contribution in [3.05, 3.63) is 64.7 Å². The molecule has 24 heavy (non-hydrogen) atoms. The molecule has 0 aromatic heterocycles. The average Bonchev–Trinajstić information content (AvgIpc) is 2.57. The van der Waals surface area contributed by atoms with Crippen LogP contribution in [0.25, 0.3) is 0 Å². The van der Waals surface area contributed by atoms with Gasteiger partial charge in [0.2, 0.25) is 0 Å². The van der Waals surface area contributed by atoms with Gasteiger partial charge in [-0.1, -0.05) is 48.4 Å². The van der Waals surface area contributed by atoms with Crippen molar-refractivity contribution in [3.8, 4) is 5.75 Å². The summed E-state index contributed by atoms with van der Waals surface area (Å²) in [6.45, 7) is 5.47. The maximum absolute atomic E-state index is 10.5. The minimum absolute atomic E-state index is 0.247. The van der Waals surface area contributed by atoms with E-state index in [1.54, 1.807) is 0 Å². The van der Waals surface area contributed by atoms with E-state index < -0.39 is 0 Å². The van der Waals surface area contributed by atoms with Gasteiger partial charge in [0.05, 0.1) is 0 Å². The lowest BCUT2D eigenvalue weighted by Gasteiger charge is -2.35. The number of nitrogens with zero attached hydrogens (tertiary/aromatic N) is 1. The van der Waals surface area contributed by atoms with Crippen molar-refractivity contribution in [1.82, 2.24) is 4.90 Å². The largest absolute Gasteiger partial charge is 0.508 e. The zero-order valence-corrected chi connectivity index (χ0v) is 15.1. The molecular weight excluding hydrogens is 294 g/mol. The molecule has 1 aliphatic rings. The number of hydrogen-bond donors (Lipinski definition) is 1. The van der Waals surface area contributed by atoms with E-state index in [4.69, 9.17) is 0 Å². The molecular formula is C22H29NO.